The highest BCUT2D eigenvalue weighted by atomic mass is 16.5. The largest absolute Gasteiger partial charge is 0.484 e. The van der Waals surface area contributed by atoms with E-state index in [9.17, 15) is 9.59 Å². The fourth-order valence-corrected chi connectivity index (χ4v) is 3.19. The summed E-state index contributed by atoms with van der Waals surface area (Å²) in [5.74, 6) is 0.249. The Hall–Kier alpha value is -3.60. The van der Waals surface area contributed by atoms with Crippen LogP contribution in [0.4, 0.5) is 5.69 Å². The number of hydrogen-bond donors (Lipinski definition) is 2. The quantitative estimate of drug-likeness (QED) is 0.528. The van der Waals surface area contributed by atoms with Gasteiger partial charge < -0.3 is 15.4 Å². The number of nitrogens with one attached hydrogen (secondary N) is 2. The maximum Gasteiger partial charge on any atom is 0.258 e. The van der Waals surface area contributed by atoms with Crippen LogP contribution in [0.25, 0.3) is 0 Å². The predicted molar refractivity (Wildman–Crippen MR) is 123 cm³/mol. The monoisotopic (exact) mass is 416 g/mol. The zero-order chi connectivity index (χ0) is 22.1. The molecular formula is C26H28N2O3. The van der Waals surface area contributed by atoms with Crippen LogP contribution in [-0.4, -0.2) is 24.5 Å². The van der Waals surface area contributed by atoms with E-state index in [1.165, 1.54) is 5.56 Å². The molecule has 1 atom stereocenters. The average Bonchev–Trinajstić information content (AvgIpc) is 2.78. The Kier molecular flexibility index (Phi) is 7.82. The van der Waals surface area contributed by atoms with Crippen LogP contribution in [0.1, 0.15) is 34.8 Å². The van der Waals surface area contributed by atoms with Gasteiger partial charge >= 0.3 is 0 Å². The normalized spacial score (nSPS) is 11.4. The summed E-state index contributed by atoms with van der Waals surface area (Å²) in [6.45, 7) is 3.89. The van der Waals surface area contributed by atoms with E-state index in [0.717, 1.165) is 18.4 Å². The molecule has 3 aromatic carbocycles. The van der Waals surface area contributed by atoms with E-state index < -0.39 is 0 Å². The van der Waals surface area contributed by atoms with Gasteiger partial charge in [0.2, 0.25) is 0 Å². The van der Waals surface area contributed by atoms with Gasteiger partial charge in [-0.2, -0.15) is 0 Å². The highest BCUT2D eigenvalue weighted by Crippen LogP contribution is 2.17. The van der Waals surface area contributed by atoms with Crippen molar-refractivity contribution in [2.45, 2.75) is 32.7 Å². The molecule has 31 heavy (non-hydrogen) atoms. The molecule has 0 fully saturated rings. The molecule has 5 heteroatoms. The van der Waals surface area contributed by atoms with E-state index in [2.05, 4.69) is 22.8 Å². The summed E-state index contributed by atoms with van der Waals surface area (Å²) in [7, 11) is 0. The van der Waals surface area contributed by atoms with Gasteiger partial charge in [-0.1, -0.05) is 48.0 Å². The summed E-state index contributed by atoms with van der Waals surface area (Å²) in [6.07, 6.45) is 1.78. The predicted octanol–water partition coefficient (Wildman–Crippen LogP) is 4.76. The Labute approximate surface area is 183 Å². The molecule has 2 amide bonds. The SMILES string of the molecule is Cc1cccc(C(=O)Nc2ccc(OCC(=O)NC(C)CCc3ccccc3)cc2)c1. The first-order valence-electron chi connectivity index (χ1n) is 10.4. The summed E-state index contributed by atoms with van der Waals surface area (Å²) in [6, 6.07) is 24.7. The van der Waals surface area contributed by atoms with Gasteiger partial charge in [-0.3, -0.25) is 9.59 Å². The Morgan fingerprint density at radius 2 is 1.68 bits per heavy atom. The van der Waals surface area contributed by atoms with Crippen molar-refractivity contribution in [2.75, 3.05) is 11.9 Å². The molecule has 0 saturated heterocycles. The first-order chi connectivity index (χ1) is 15.0. The molecule has 0 spiro atoms. The molecule has 3 aromatic rings. The second kappa shape index (κ2) is 11.0. The minimum Gasteiger partial charge on any atom is -0.484 e. The van der Waals surface area contributed by atoms with Crippen LogP contribution in [0.2, 0.25) is 0 Å². The lowest BCUT2D eigenvalue weighted by atomic mass is 10.1. The zero-order valence-corrected chi connectivity index (χ0v) is 17.9. The lowest BCUT2D eigenvalue weighted by molar-refractivity contribution is -0.123. The summed E-state index contributed by atoms with van der Waals surface area (Å²) in [5.41, 5.74) is 3.56. The van der Waals surface area contributed by atoms with Crippen LogP contribution in [0.5, 0.6) is 5.75 Å². The van der Waals surface area contributed by atoms with Crippen molar-refractivity contribution in [2.24, 2.45) is 0 Å². The van der Waals surface area contributed by atoms with Gasteiger partial charge in [-0.25, -0.2) is 0 Å². The standard InChI is InChI=1S/C26H28N2O3/c1-19-7-6-10-22(17-19)26(30)28-23-13-15-24(16-14-23)31-18-25(29)27-20(2)11-12-21-8-4-3-5-9-21/h3-10,13-17,20H,11-12,18H2,1-2H3,(H,27,29)(H,28,30). The highest BCUT2D eigenvalue weighted by Gasteiger charge is 2.09. The number of aryl methyl sites for hydroxylation is 2. The maximum absolute atomic E-state index is 12.3. The number of hydrogen-bond acceptors (Lipinski definition) is 3. The number of carbonyl (C=O) groups excluding carboxylic acids is 2. The van der Waals surface area contributed by atoms with E-state index in [1.54, 1.807) is 30.3 Å². The number of benzene rings is 3. The summed E-state index contributed by atoms with van der Waals surface area (Å²) in [5, 5.41) is 5.82. The third-order valence-electron chi connectivity index (χ3n) is 4.88. The first-order valence-corrected chi connectivity index (χ1v) is 10.4. The van der Waals surface area contributed by atoms with E-state index in [-0.39, 0.29) is 24.5 Å². The molecule has 5 nitrogen and oxygen atoms in total. The number of carbonyl (C=O) groups is 2. The first kappa shape index (κ1) is 22.1. The van der Waals surface area contributed by atoms with Crippen molar-refractivity contribution < 1.29 is 14.3 Å². The van der Waals surface area contributed by atoms with Gasteiger partial charge in [0.15, 0.2) is 6.61 Å². The van der Waals surface area contributed by atoms with Crippen LogP contribution >= 0.6 is 0 Å². The van der Waals surface area contributed by atoms with Crippen molar-refractivity contribution in [1.82, 2.24) is 5.32 Å². The van der Waals surface area contributed by atoms with Gasteiger partial charge in [-0.15, -0.1) is 0 Å². The Bertz CT molecular complexity index is 1000. The highest BCUT2D eigenvalue weighted by molar-refractivity contribution is 6.04. The van der Waals surface area contributed by atoms with Crippen molar-refractivity contribution in [3.05, 3.63) is 95.6 Å². The Balaban J connectivity index is 1.41. The lowest BCUT2D eigenvalue weighted by Crippen LogP contribution is -2.36. The van der Waals surface area contributed by atoms with Crippen molar-refractivity contribution in [3.63, 3.8) is 0 Å². The average molecular weight is 417 g/mol. The van der Waals surface area contributed by atoms with Crippen LogP contribution in [0.15, 0.2) is 78.9 Å². The van der Waals surface area contributed by atoms with Gasteiger partial charge in [0.25, 0.3) is 11.8 Å². The molecule has 0 heterocycles. The molecule has 0 aliphatic heterocycles. The van der Waals surface area contributed by atoms with Gasteiger partial charge in [0, 0.05) is 17.3 Å². The van der Waals surface area contributed by atoms with Gasteiger partial charge in [0.05, 0.1) is 0 Å². The molecule has 1 unspecified atom stereocenters. The number of rotatable bonds is 9. The van der Waals surface area contributed by atoms with E-state index in [1.807, 2.05) is 50.2 Å². The second-order valence-electron chi connectivity index (χ2n) is 7.63. The number of ether oxygens (including phenoxy) is 1. The molecule has 0 aromatic heterocycles. The summed E-state index contributed by atoms with van der Waals surface area (Å²) >= 11 is 0. The van der Waals surface area contributed by atoms with Gasteiger partial charge in [0.1, 0.15) is 5.75 Å². The van der Waals surface area contributed by atoms with Crippen LogP contribution < -0.4 is 15.4 Å². The molecular weight excluding hydrogens is 388 g/mol. The topological polar surface area (TPSA) is 67.4 Å². The molecule has 3 rings (SSSR count). The van der Waals surface area contributed by atoms with Crippen molar-refractivity contribution in [3.8, 4) is 5.75 Å². The van der Waals surface area contributed by atoms with Crippen LogP contribution in [0, 0.1) is 6.92 Å². The van der Waals surface area contributed by atoms with E-state index >= 15 is 0 Å². The van der Waals surface area contributed by atoms with Crippen LogP contribution in [-0.2, 0) is 11.2 Å². The Morgan fingerprint density at radius 3 is 2.39 bits per heavy atom. The number of amides is 2. The lowest BCUT2D eigenvalue weighted by Gasteiger charge is -2.14. The maximum atomic E-state index is 12.3. The van der Waals surface area contributed by atoms with E-state index in [0.29, 0.717) is 17.0 Å². The second-order valence-corrected chi connectivity index (χ2v) is 7.63. The minimum atomic E-state index is -0.166. The van der Waals surface area contributed by atoms with Crippen LogP contribution in [0.3, 0.4) is 0 Å². The van der Waals surface area contributed by atoms with Crippen molar-refractivity contribution in [1.29, 1.82) is 0 Å². The zero-order valence-electron chi connectivity index (χ0n) is 17.9. The summed E-state index contributed by atoms with van der Waals surface area (Å²) in [4.78, 5) is 24.5. The smallest absolute Gasteiger partial charge is 0.258 e. The third-order valence-corrected chi connectivity index (χ3v) is 4.88. The minimum absolute atomic E-state index is 0.0509. The molecule has 0 aliphatic carbocycles. The fourth-order valence-electron chi connectivity index (χ4n) is 3.19. The molecule has 2 N–H and O–H groups in total. The third kappa shape index (κ3) is 7.30. The fraction of sp³-hybridized carbons (Fsp3) is 0.231. The summed E-state index contributed by atoms with van der Waals surface area (Å²) < 4.78 is 5.57. The Morgan fingerprint density at radius 1 is 0.935 bits per heavy atom. The molecule has 0 saturated carbocycles. The molecule has 0 bridgehead atoms. The van der Waals surface area contributed by atoms with Crippen molar-refractivity contribution >= 4 is 17.5 Å². The number of anilines is 1. The van der Waals surface area contributed by atoms with E-state index in [4.69, 9.17) is 4.74 Å². The molecule has 0 aliphatic rings. The molecule has 0 radical (unpaired) electrons. The molecule has 160 valence electrons. The van der Waals surface area contributed by atoms with Gasteiger partial charge in [-0.05, 0) is 68.7 Å².